The number of ether oxygens (including phenoxy) is 1. The van der Waals surface area contributed by atoms with Crippen LogP contribution in [0.1, 0.15) is 52.4 Å². The number of rotatable bonds is 10. The van der Waals surface area contributed by atoms with E-state index in [-0.39, 0.29) is 5.54 Å². The van der Waals surface area contributed by atoms with Crippen molar-refractivity contribution in [3.63, 3.8) is 0 Å². The quantitative estimate of drug-likeness (QED) is 0.625. The van der Waals surface area contributed by atoms with E-state index in [0.717, 1.165) is 51.9 Å². The maximum atomic E-state index is 9.27. The van der Waals surface area contributed by atoms with Crippen LogP contribution in [0.25, 0.3) is 0 Å². The van der Waals surface area contributed by atoms with Crippen molar-refractivity contribution in [1.82, 2.24) is 10.2 Å². The molecule has 1 heterocycles. The Morgan fingerprint density at radius 1 is 1.45 bits per heavy atom. The van der Waals surface area contributed by atoms with Gasteiger partial charge in [0.1, 0.15) is 5.54 Å². The lowest BCUT2D eigenvalue weighted by Crippen LogP contribution is -2.41. The molecule has 0 aromatic heterocycles. The van der Waals surface area contributed by atoms with Crippen LogP contribution in [-0.2, 0) is 4.74 Å². The molecule has 20 heavy (non-hydrogen) atoms. The van der Waals surface area contributed by atoms with Gasteiger partial charge in [-0.25, -0.2) is 0 Å². The predicted octanol–water partition coefficient (Wildman–Crippen LogP) is 2.55. The van der Waals surface area contributed by atoms with Gasteiger partial charge in [-0.3, -0.25) is 5.32 Å². The number of nitriles is 1. The highest BCUT2D eigenvalue weighted by Crippen LogP contribution is 2.15. The van der Waals surface area contributed by atoms with Crippen molar-refractivity contribution < 1.29 is 4.74 Å². The van der Waals surface area contributed by atoms with Crippen molar-refractivity contribution in [2.24, 2.45) is 0 Å². The first-order valence-corrected chi connectivity index (χ1v) is 8.06. The summed E-state index contributed by atoms with van der Waals surface area (Å²) in [5, 5.41) is 12.6. The largest absolute Gasteiger partial charge is 0.377 e. The third-order valence-electron chi connectivity index (χ3n) is 4.02. The van der Waals surface area contributed by atoms with E-state index in [4.69, 9.17) is 4.74 Å². The van der Waals surface area contributed by atoms with Crippen LogP contribution in [0.4, 0.5) is 0 Å². The molecule has 0 spiro atoms. The van der Waals surface area contributed by atoms with Crippen molar-refractivity contribution in [2.75, 3.05) is 33.3 Å². The molecule has 1 N–H and O–H groups in total. The van der Waals surface area contributed by atoms with Crippen molar-refractivity contribution in [3.8, 4) is 6.07 Å². The summed E-state index contributed by atoms with van der Waals surface area (Å²) in [6.45, 7) is 8.13. The minimum absolute atomic E-state index is 0.358. The SMILES string of the molecule is CCCNC(C)(C#N)CCCCN(C)CC1CCCO1. The predicted molar refractivity (Wildman–Crippen MR) is 82.6 cm³/mol. The fraction of sp³-hybridized carbons (Fsp3) is 0.938. The number of likely N-dealkylation sites (N-methyl/N-ethyl adjacent to an activating group) is 1. The van der Waals surface area contributed by atoms with Crippen molar-refractivity contribution in [3.05, 3.63) is 0 Å². The van der Waals surface area contributed by atoms with Gasteiger partial charge >= 0.3 is 0 Å². The van der Waals surface area contributed by atoms with Crippen LogP contribution < -0.4 is 5.32 Å². The van der Waals surface area contributed by atoms with Crippen LogP contribution in [0, 0.1) is 11.3 Å². The number of nitrogens with zero attached hydrogens (tertiary/aromatic N) is 2. The van der Waals surface area contributed by atoms with E-state index in [0.29, 0.717) is 6.10 Å². The van der Waals surface area contributed by atoms with E-state index in [2.05, 4.69) is 30.3 Å². The van der Waals surface area contributed by atoms with E-state index < -0.39 is 0 Å². The summed E-state index contributed by atoms with van der Waals surface area (Å²) in [7, 11) is 2.17. The second-order valence-corrected chi connectivity index (χ2v) is 6.23. The van der Waals surface area contributed by atoms with Crippen LogP contribution in [0.5, 0.6) is 0 Å². The third kappa shape index (κ3) is 6.69. The summed E-state index contributed by atoms with van der Waals surface area (Å²) in [5.74, 6) is 0. The summed E-state index contributed by atoms with van der Waals surface area (Å²) < 4.78 is 5.65. The van der Waals surface area contributed by atoms with Gasteiger partial charge in [-0.1, -0.05) is 6.92 Å². The highest BCUT2D eigenvalue weighted by Gasteiger charge is 2.22. The Kier molecular flexibility index (Phi) is 8.13. The molecule has 116 valence electrons. The molecule has 1 aliphatic heterocycles. The Morgan fingerprint density at radius 2 is 2.25 bits per heavy atom. The Balaban J connectivity index is 2.11. The van der Waals surface area contributed by atoms with Crippen LogP contribution >= 0.6 is 0 Å². The van der Waals surface area contributed by atoms with E-state index in [1.165, 1.54) is 12.8 Å². The van der Waals surface area contributed by atoms with Gasteiger partial charge in [-0.15, -0.1) is 0 Å². The zero-order valence-electron chi connectivity index (χ0n) is 13.5. The minimum Gasteiger partial charge on any atom is -0.377 e. The Bertz CT molecular complexity index is 297. The molecule has 1 saturated heterocycles. The average molecular weight is 281 g/mol. The second-order valence-electron chi connectivity index (χ2n) is 6.23. The molecule has 1 aliphatic rings. The lowest BCUT2D eigenvalue weighted by molar-refractivity contribution is 0.0806. The van der Waals surface area contributed by atoms with E-state index in [1.54, 1.807) is 0 Å². The molecular formula is C16H31N3O. The molecule has 1 fully saturated rings. The minimum atomic E-state index is -0.358. The molecule has 1 rings (SSSR count). The molecule has 4 nitrogen and oxygen atoms in total. The van der Waals surface area contributed by atoms with Crippen LogP contribution in [0.2, 0.25) is 0 Å². The van der Waals surface area contributed by atoms with Gasteiger partial charge in [0.05, 0.1) is 12.2 Å². The molecule has 4 heteroatoms. The Morgan fingerprint density at radius 3 is 2.85 bits per heavy atom. The highest BCUT2D eigenvalue weighted by molar-refractivity contribution is 5.03. The van der Waals surface area contributed by atoms with E-state index >= 15 is 0 Å². The van der Waals surface area contributed by atoms with E-state index in [9.17, 15) is 5.26 Å². The standard InChI is InChI=1S/C16H31N3O/c1-4-10-18-16(2,14-17)9-5-6-11-19(3)13-15-8-7-12-20-15/h15,18H,4-13H2,1-3H3. The van der Waals surface area contributed by atoms with E-state index in [1.807, 2.05) is 6.92 Å². The van der Waals surface area contributed by atoms with Crippen LogP contribution in [0.15, 0.2) is 0 Å². The summed E-state index contributed by atoms with van der Waals surface area (Å²) in [4.78, 5) is 2.36. The monoisotopic (exact) mass is 281 g/mol. The molecule has 2 unspecified atom stereocenters. The molecule has 2 atom stereocenters. The number of unbranched alkanes of at least 4 members (excludes halogenated alkanes) is 1. The molecular weight excluding hydrogens is 250 g/mol. The summed E-state index contributed by atoms with van der Waals surface area (Å²) in [6, 6.07) is 2.42. The Labute approximate surface area is 124 Å². The molecule has 0 aliphatic carbocycles. The third-order valence-corrected chi connectivity index (χ3v) is 4.02. The number of nitrogens with one attached hydrogen (secondary N) is 1. The Hall–Kier alpha value is -0.630. The number of hydrogen-bond acceptors (Lipinski definition) is 4. The van der Waals surface area contributed by atoms with Crippen molar-refractivity contribution in [1.29, 1.82) is 5.26 Å². The average Bonchev–Trinajstić information content (AvgIpc) is 2.94. The van der Waals surface area contributed by atoms with Crippen LogP contribution in [-0.4, -0.2) is 49.8 Å². The molecule has 0 radical (unpaired) electrons. The van der Waals surface area contributed by atoms with Crippen LogP contribution in [0.3, 0.4) is 0 Å². The lowest BCUT2D eigenvalue weighted by Gasteiger charge is -2.24. The van der Waals surface area contributed by atoms with Gasteiger partial charge in [-0.05, 0) is 65.6 Å². The van der Waals surface area contributed by atoms with Gasteiger partial charge in [0.2, 0.25) is 0 Å². The zero-order valence-corrected chi connectivity index (χ0v) is 13.5. The maximum Gasteiger partial charge on any atom is 0.103 e. The molecule has 0 saturated carbocycles. The van der Waals surface area contributed by atoms with Crippen molar-refractivity contribution >= 4 is 0 Å². The maximum absolute atomic E-state index is 9.27. The smallest absolute Gasteiger partial charge is 0.103 e. The fourth-order valence-electron chi connectivity index (χ4n) is 2.67. The van der Waals surface area contributed by atoms with Gasteiger partial charge in [-0.2, -0.15) is 5.26 Å². The van der Waals surface area contributed by atoms with Crippen molar-refractivity contribution in [2.45, 2.75) is 64.0 Å². The number of hydrogen-bond donors (Lipinski definition) is 1. The lowest BCUT2D eigenvalue weighted by atomic mass is 9.96. The normalized spacial score (nSPS) is 21.9. The van der Waals surface area contributed by atoms with Gasteiger partial charge < -0.3 is 9.64 Å². The fourth-order valence-corrected chi connectivity index (χ4v) is 2.67. The molecule has 0 aromatic carbocycles. The summed E-state index contributed by atoms with van der Waals surface area (Å²) >= 11 is 0. The second kappa shape index (κ2) is 9.33. The van der Waals surface area contributed by atoms with Gasteiger partial charge in [0.25, 0.3) is 0 Å². The summed E-state index contributed by atoms with van der Waals surface area (Å²) in [5.41, 5.74) is -0.358. The summed E-state index contributed by atoms with van der Waals surface area (Å²) in [6.07, 6.45) is 7.10. The molecule has 0 aromatic rings. The first kappa shape index (κ1) is 17.4. The zero-order chi connectivity index (χ0) is 14.8. The molecule has 0 bridgehead atoms. The first-order chi connectivity index (χ1) is 9.59. The highest BCUT2D eigenvalue weighted by atomic mass is 16.5. The molecule has 0 amide bonds. The first-order valence-electron chi connectivity index (χ1n) is 8.06. The van der Waals surface area contributed by atoms with Gasteiger partial charge in [0, 0.05) is 13.2 Å². The topological polar surface area (TPSA) is 48.3 Å². The van der Waals surface area contributed by atoms with Gasteiger partial charge in [0.15, 0.2) is 0 Å².